The van der Waals surface area contributed by atoms with E-state index in [0.29, 0.717) is 9.37 Å². The van der Waals surface area contributed by atoms with E-state index in [1.165, 1.54) is 30.5 Å². The minimum absolute atomic E-state index is 0.00626. The summed E-state index contributed by atoms with van der Waals surface area (Å²) in [5.41, 5.74) is -0.999. The predicted molar refractivity (Wildman–Crippen MR) is 74.5 cm³/mol. The SMILES string of the molecule is O=C(O)c1cc(Sc2ccc(Br)cc2C(F)(F)F)ccn1. The summed E-state index contributed by atoms with van der Waals surface area (Å²) in [6.45, 7) is 0. The number of pyridine rings is 1. The standard InChI is InChI=1S/C13H7BrF3NO2S/c14-7-1-2-11(9(5-7)13(15,16)17)21-8-3-4-18-10(6-8)12(19)20/h1-6H,(H,19,20). The van der Waals surface area contributed by atoms with Gasteiger partial charge in [-0.15, -0.1) is 0 Å². The lowest BCUT2D eigenvalue weighted by Gasteiger charge is -2.13. The van der Waals surface area contributed by atoms with E-state index in [1.807, 2.05) is 0 Å². The van der Waals surface area contributed by atoms with Crippen molar-refractivity contribution in [1.82, 2.24) is 4.98 Å². The molecule has 110 valence electrons. The first kappa shape index (κ1) is 15.8. The second-order valence-electron chi connectivity index (χ2n) is 3.92. The minimum Gasteiger partial charge on any atom is -0.477 e. The van der Waals surface area contributed by atoms with Crippen molar-refractivity contribution in [3.05, 3.63) is 52.3 Å². The van der Waals surface area contributed by atoms with Gasteiger partial charge in [0.15, 0.2) is 0 Å². The van der Waals surface area contributed by atoms with Gasteiger partial charge in [-0.05, 0) is 30.3 Å². The molecule has 2 rings (SSSR count). The highest BCUT2D eigenvalue weighted by Crippen LogP contribution is 2.40. The number of nitrogens with zero attached hydrogens (tertiary/aromatic N) is 1. The second kappa shape index (κ2) is 6.07. The summed E-state index contributed by atoms with van der Waals surface area (Å²) in [5, 5.41) is 8.84. The number of rotatable bonds is 3. The fourth-order valence-corrected chi connectivity index (χ4v) is 2.87. The Hall–Kier alpha value is -1.54. The summed E-state index contributed by atoms with van der Waals surface area (Å²) in [7, 11) is 0. The second-order valence-corrected chi connectivity index (χ2v) is 5.95. The van der Waals surface area contributed by atoms with Gasteiger partial charge in [0, 0.05) is 20.5 Å². The van der Waals surface area contributed by atoms with Gasteiger partial charge in [-0.2, -0.15) is 13.2 Å². The monoisotopic (exact) mass is 377 g/mol. The first-order chi connectivity index (χ1) is 9.77. The maximum absolute atomic E-state index is 13.0. The highest BCUT2D eigenvalue weighted by molar-refractivity contribution is 9.10. The maximum Gasteiger partial charge on any atom is 0.417 e. The highest BCUT2D eigenvalue weighted by Gasteiger charge is 2.33. The van der Waals surface area contributed by atoms with Crippen molar-refractivity contribution in [2.75, 3.05) is 0 Å². The number of aromatic carboxylic acids is 1. The van der Waals surface area contributed by atoms with Crippen molar-refractivity contribution in [2.24, 2.45) is 0 Å². The van der Waals surface area contributed by atoms with E-state index in [0.717, 1.165) is 17.8 Å². The first-order valence-electron chi connectivity index (χ1n) is 5.51. The number of hydrogen-bond donors (Lipinski definition) is 1. The summed E-state index contributed by atoms with van der Waals surface area (Å²) >= 11 is 3.85. The Kier molecular flexibility index (Phi) is 4.58. The molecular weight excluding hydrogens is 371 g/mol. The third-order valence-electron chi connectivity index (χ3n) is 2.43. The molecule has 1 aromatic carbocycles. The minimum atomic E-state index is -4.49. The van der Waals surface area contributed by atoms with Crippen LogP contribution in [0.5, 0.6) is 0 Å². The lowest BCUT2D eigenvalue weighted by atomic mass is 10.2. The third kappa shape index (κ3) is 3.98. The van der Waals surface area contributed by atoms with Crippen LogP contribution in [0.1, 0.15) is 16.1 Å². The van der Waals surface area contributed by atoms with Crippen molar-refractivity contribution in [3.63, 3.8) is 0 Å². The molecule has 0 spiro atoms. The van der Waals surface area contributed by atoms with Crippen LogP contribution in [0, 0.1) is 0 Å². The van der Waals surface area contributed by atoms with Crippen molar-refractivity contribution in [3.8, 4) is 0 Å². The zero-order valence-electron chi connectivity index (χ0n) is 10.2. The van der Waals surface area contributed by atoms with Crippen molar-refractivity contribution < 1.29 is 23.1 Å². The summed E-state index contributed by atoms with van der Waals surface area (Å²) < 4.78 is 39.3. The van der Waals surface area contributed by atoms with Crippen LogP contribution < -0.4 is 0 Å². The molecule has 0 radical (unpaired) electrons. The number of aromatic nitrogens is 1. The number of carboxylic acids is 1. The van der Waals surface area contributed by atoms with Crippen LogP contribution in [0.3, 0.4) is 0 Å². The van der Waals surface area contributed by atoms with Gasteiger partial charge < -0.3 is 5.11 Å². The molecule has 2 aromatic rings. The van der Waals surface area contributed by atoms with Gasteiger partial charge in [0.2, 0.25) is 0 Å². The molecule has 0 bridgehead atoms. The Morgan fingerprint density at radius 2 is 1.95 bits per heavy atom. The van der Waals surface area contributed by atoms with E-state index < -0.39 is 17.7 Å². The fourth-order valence-electron chi connectivity index (χ4n) is 1.53. The Bertz CT molecular complexity index is 691. The van der Waals surface area contributed by atoms with Crippen molar-refractivity contribution in [2.45, 2.75) is 16.0 Å². The van der Waals surface area contributed by atoms with Gasteiger partial charge in [-0.25, -0.2) is 9.78 Å². The van der Waals surface area contributed by atoms with Crippen molar-refractivity contribution in [1.29, 1.82) is 0 Å². The smallest absolute Gasteiger partial charge is 0.417 e. The van der Waals surface area contributed by atoms with E-state index in [1.54, 1.807) is 0 Å². The zero-order valence-corrected chi connectivity index (χ0v) is 12.6. The summed E-state index contributed by atoms with van der Waals surface area (Å²) in [6.07, 6.45) is -3.24. The third-order valence-corrected chi connectivity index (χ3v) is 3.98. The van der Waals surface area contributed by atoms with Gasteiger partial charge in [0.05, 0.1) is 5.56 Å². The van der Waals surface area contributed by atoms with Crippen LogP contribution in [0.4, 0.5) is 13.2 Å². The number of benzene rings is 1. The molecule has 0 aliphatic rings. The quantitative estimate of drug-likeness (QED) is 0.841. The molecule has 1 N–H and O–H groups in total. The van der Waals surface area contributed by atoms with Gasteiger partial charge in [0.1, 0.15) is 5.69 Å². The summed E-state index contributed by atoms with van der Waals surface area (Å²) in [5.74, 6) is -1.23. The highest BCUT2D eigenvalue weighted by atomic mass is 79.9. The molecule has 0 saturated heterocycles. The molecule has 8 heteroatoms. The molecule has 1 aromatic heterocycles. The molecule has 0 aliphatic heterocycles. The molecule has 0 fully saturated rings. The van der Waals surface area contributed by atoms with E-state index in [9.17, 15) is 18.0 Å². The predicted octanol–water partition coefficient (Wildman–Crippen LogP) is 4.71. The Morgan fingerprint density at radius 1 is 1.24 bits per heavy atom. The normalized spacial score (nSPS) is 11.4. The van der Waals surface area contributed by atoms with E-state index in [2.05, 4.69) is 20.9 Å². The van der Waals surface area contributed by atoms with Crippen LogP contribution in [0.2, 0.25) is 0 Å². The number of hydrogen-bond acceptors (Lipinski definition) is 3. The molecule has 3 nitrogen and oxygen atoms in total. The first-order valence-corrected chi connectivity index (χ1v) is 7.12. The van der Waals surface area contributed by atoms with Crippen LogP contribution in [-0.2, 0) is 6.18 Å². The molecule has 0 amide bonds. The van der Waals surface area contributed by atoms with Crippen LogP contribution in [-0.4, -0.2) is 16.1 Å². The van der Waals surface area contributed by atoms with Gasteiger partial charge >= 0.3 is 12.1 Å². The number of alkyl halides is 3. The van der Waals surface area contributed by atoms with Gasteiger partial charge in [-0.3, -0.25) is 0 Å². The van der Waals surface area contributed by atoms with Gasteiger partial charge in [-0.1, -0.05) is 27.7 Å². The average Bonchev–Trinajstić information content (AvgIpc) is 2.40. The van der Waals surface area contributed by atoms with E-state index in [-0.39, 0.29) is 10.6 Å². The number of carboxylic acid groups (broad SMARTS) is 1. The fraction of sp³-hybridized carbons (Fsp3) is 0.0769. The maximum atomic E-state index is 13.0. The Labute approximate surface area is 130 Å². The van der Waals surface area contributed by atoms with Crippen LogP contribution in [0.15, 0.2) is 50.8 Å². The Balaban J connectivity index is 2.40. The molecule has 0 unspecified atom stereocenters. The molecule has 0 atom stereocenters. The topological polar surface area (TPSA) is 50.2 Å². The molecule has 0 saturated carbocycles. The van der Waals surface area contributed by atoms with Crippen LogP contribution in [0.25, 0.3) is 0 Å². The number of carbonyl (C=O) groups is 1. The lowest BCUT2D eigenvalue weighted by molar-refractivity contribution is -0.139. The van der Waals surface area contributed by atoms with Crippen molar-refractivity contribution >= 4 is 33.7 Å². The largest absolute Gasteiger partial charge is 0.477 e. The molecular formula is C13H7BrF3NO2S. The molecule has 1 heterocycles. The zero-order chi connectivity index (χ0) is 15.6. The summed E-state index contributed by atoms with van der Waals surface area (Å²) in [4.78, 5) is 14.8. The molecule has 21 heavy (non-hydrogen) atoms. The number of halogens is 4. The Morgan fingerprint density at radius 3 is 2.57 bits per heavy atom. The van der Waals surface area contributed by atoms with E-state index >= 15 is 0 Å². The average molecular weight is 378 g/mol. The molecule has 0 aliphatic carbocycles. The van der Waals surface area contributed by atoms with E-state index in [4.69, 9.17) is 5.11 Å². The summed E-state index contributed by atoms with van der Waals surface area (Å²) in [6, 6.07) is 6.51. The van der Waals surface area contributed by atoms with Gasteiger partial charge in [0.25, 0.3) is 0 Å². The lowest BCUT2D eigenvalue weighted by Crippen LogP contribution is -2.06. The van der Waals surface area contributed by atoms with Crippen LogP contribution >= 0.6 is 27.7 Å².